The number of anilines is 1. The van der Waals surface area contributed by atoms with Crippen LogP contribution in [-0.2, 0) is 0 Å². The zero-order valence-electron chi connectivity index (χ0n) is 25.0. The van der Waals surface area contributed by atoms with Gasteiger partial charge in [0.05, 0.1) is 5.76 Å². The second-order valence-corrected chi connectivity index (χ2v) is 10.5. The Labute approximate surface area is 242 Å². The molecule has 0 aliphatic rings. The van der Waals surface area contributed by atoms with Crippen molar-refractivity contribution in [2.75, 3.05) is 4.90 Å². The van der Waals surface area contributed by atoms with Gasteiger partial charge in [0, 0.05) is 23.0 Å². The van der Waals surface area contributed by atoms with Gasteiger partial charge in [-0.25, -0.2) is 0 Å². The Morgan fingerprint density at radius 3 is 2.15 bits per heavy atom. The maximum absolute atomic E-state index is 5.97. The third-order valence-electron chi connectivity index (χ3n) is 7.49. The fourth-order valence-electron chi connectivity index (χ4n) is 4.60. The van der Waals surface area contributed by atoms with Crippen molar-refractivity contribution < 1.29 is 4.74 Å². The van der Waals surface area contributed by atoms with Crippen molar-refractivity contribution in [1.82, 2.24) is 0 Å². The van der Waals surface area contributed by atoms with Crippen LogP contribution in [0.15, 0.2) is 133 Å². The molecule has 0 N–H and O–H groups in total. The number of para-hydroxylation sites is 1. The third kappa shape index (κ3) is 8.48. The van der Waals surface area contributed by atoms with Crippen LogP contribution in [0.2, 0.25) is 0 Å². The molecule has 0 fully saturated rings. The van der Waals surface area contributed by atoms with E-state index in [1.54, 1.807) is 0 Å². The van der Waals surface area contributed by atoms with Gasteiger partial charge in [-0.2, -0.15) is 0 Å². The molecule has 2 atom stereocenters. The van der Waals surface area contributed by atoms with Gasteiger partial charge < -0.3 is 9.64 Å². The molecule has 0 aliphatic carbocycles. The fourth-order valence-corrected chi connectivity index (χ4v) is 4.60. The van der Waals surface area contributed by atoms with Crippen molar-refractivity contribution in [3.8, 4) is 16.9 Å². The molecule has 0 aliphatic heterocycles. The smallest absolute Gasteiger partial charge is 0.134 e. The standard InChI is InChI=1S/C38H45NO/c1-8-18-36(23-15-11-14-21-35-22-16-17-24-38(35)40-30(5)9-2)39(32(7)31(6)29(3)4)37-27-25-34(26-28-37)33-19-12-10-13-20-33/h8-10,12-29,31-32H,1,11H2,2-7H3/b21-14+,23-15-,30-9+,36-18+/t31-,32+/m1/s1. The summed E-state index contributed by atoms with van der Waals surface area (Å²) in [6.45, 7) is 17.2. The number of ether oxygens (including phenoxy) is 1. The number of hydrogen-bond acceptors (Lipinski definition) is 2. The van der Waals surface area contributed by atoms with Crippen molar-refractivity contribution in [1.29, 1.82) is 0 Å². The molecule has 40 heavy (non-hydrogen) atoms. The molecule has 3 aromatic rings. The summed E-state index contributed by atoms with van der Waals surface area (Å²) in [5.41, 5.74) is 5.82. The van der Waals surface area contributed by atoms with Crippen molar-refractivity contribution in [2.45, 2.75) is 54.0 Å². The van der Waals surface area contributed by atoms with E-state index in [1.165, 1.54) is 16.8 Å². The highest BCUT2D eigenvalue weighted by Crippen LogP contribution is 2.31. The minimum atomic E-state index is 0.299. The number of rotatable bonds is 13. The molecule has 0 bridgehead atoms. The lowest BCUT2D eigenvalue weighted by Gasteiger charge is -2.37. The lowest BCUT2D eigenvalue weighted by molar-refractivity contribution is 0.356. The van der Waals surface area contributed by atoms with Crippen molar-refractivity contribution in [2.24, 2.45) is 11.8 Å². The van der Waals surface area contributed by atoms with Crippen LogP contribution >= 0.6 is 0 Å². The average molecular weight is 532 g/mol. The Kier molecular flexibility index (Phi) is 11.8. The van der Waals surface area contributed by atoms with Crippen LogP contribution in [-0.4, -0.2) is 6.04 Å². The summed E-state index contributed by atoms with van der Waals surface area (Å²) < 4.78 is 5.97. The maximum Gasteiger partial charge on any atom is 0.134 e. The van der Waals surface area contributed by atoms with E-state index >= 15 is 0 Å². The van der Waals surface area contributed by atoms with Crippen LogP contribution in [0.5, 0.6) is 5.75 Å². The highest BCUT2D eigenvalue weighted by Gasteiger charge is 2.24. The van der Waals surface area contributed by atoms with Crippen LogP contribution in [0.3, 0.4) is 0 Å². The van der Waals surface area contributed by atoms with E-state index in [4.69, 9.17) is 4.74 Å². The van der Waals surface area contributed by atoms with E-state index in [0.29, 0.717) is 17.9 Å². The Morgan fingerprint density at radius 1 is 0.850 bits per heavy atom. The number of hydrogen-bond donors (Lipinski definition) is 0. The summed E-state index contributed by atoms with van der Waals surface area (Å²) in [5, 5.41) is 0. The first-order chi connectivity index (χ1) is 19.3. The third-order valence-corrected chi connectivity index (χ3v) is 7.49. The Hall–Kier alpha value is -4.04. The molecule has 0 amide bonds. The van der Waals surface area contributed by atoms with Gasteiger partial charge in [-0.05, 0) is 86.6 Å². The van der Waals surface area contributed by atoms with Gasteiger partial charge in [-0.15, -0.1) is 0 Å². The monoisotopic (exact) mass is 531 g/mol. The molecule has 3 aromatic carbocycles. The summed E-state index contributed by atoms with van der Waals surface area (Å²) >= 11 is 0. The topological polar surface area (TPSA) is 12.5 Å². The summed E-state index contributed by atoms with van der Waals surface area (Å²) in [6.07, 6.45) is 15.5. The van der Waals surface area contributed by atoms with E-state index in [9.17, 15) is 0 Å². The molecular formula is C38H45NO. The van der Waals surface area contributed by atoms with Gasteiger partial charge in [0.1, 0.15) is 5.75 Å². The lowest BCUT2D eigenvalue weighted by atomic mass is 9.89. The SMILES string of the molecule is C=C/C=C(\C=C/C/C=C/c1ccccc1O/C(C)=C/C)N(c1ccc(-c2ccccc2)cc1)[C@@H](C)[C@H](C)C(C)C. The molecule has 0 saturated carbocycles. The molecule has 3 rings (SSSR count). The Balaban J connectivity index is 1.86. The first-order valence-corrected chi connectivity index (χ1v) is 14.4. The van der Waals surface area contributed by atoms with Crippen LogP contribution in [0.1, 0.15) is 53.5 Å². The Morgan fingerprint density at radius 2 is 1.50 bits per heavy atom. The van der Waals surface area contributed by atoms with Crippen molar-refractivity contribution in [3.05, 3.63) is 139 Å². The van der Waals surface area contributed by atoms with Gasteiger partial charge in [-0.1, -0.05) is 112 Å². The largest absolute Gasteiger partial charge is 0.462 e. The highest BCUT2D eigenvalue weighted by atomic mass is 16.5. The van der Waals surface area contributed by atoms with Crippen LogP contribution in [0.4, 0.5) is 5.69 Å². The van der Waals surface area contributed by atoms with E-state index < -0.39 is 0 Å². The van der Waals surface area contributed by atoms with Crippen LogP contribution in [0.25, 0.3) is 17.2 Å². The van der Waals surface area contributed by atoms with Crippen LogP contribution in [0, 0.1) is 11.8 Å². The molecule has 2 heteroatoms. The van der Waals surface area contributed by atoms with Gasteiger partial charge in [0.2, 0.25) is 0 Å². The lowest BCUT2D eigenvalue weighted by Crippen LogP contribution is -2.38. The Bertz CT molecular complexity index is 1330. The zero-order valence-corrected chi connectivity index (χ0v) is 25.0. The average Bonchev–Trinajstić information content (AvgIpc) is 2.98. The van der Waals surface area contributed by atoms with E-state index in [0.717, 1.165) is 29.2 Å². The summed E-state index contributed by atoms with van der Waals surface area (Å²) in [5.74, 6) is 2.81. The fraction of sp³-hybridized carbons (Fsp3) is 0.263. The van der Waals surface area contributed by atoms with Crippen LogP contribution < -0.4 is 9.64 Å². The first-order valence-electron chi connectivity index (χ1n) is 14.4. The molecule has 0 saturated heterocycles. The molecule has 0 spiro atoms. The second-order valence-electron chi connectivity index (χ2n) is 10.5. The summed E-state index contributed by atoms with van der Waals surface area (Å²) in [7, 11) is 0. The van der Waals surface area contributed by atoms with E-state index in [2.05, 4.69) is 130 Å². The van der Waals surface area contributed by atoms with E-state index in [1.807, 2.05) is 44.2 Å². The summed E-state index contributed by atoms with van der Waals surface area (Å²) in [4.78, 5) is 2.45. The molecule has 208 valence electrons. The minimum absolute atomic E-state index is 0.299. The van der Waals surface area contributed by atoms with Crippen molar-refractivity contribution in [3.63, 3.8) is 0 Å². The molecule has 0 radical (unpaired) electrons. The van der Waals surface area contributed by atoms with Crippen molar-refractivity contribution >= 4 is 11.8 Å². The number of nitrogens with zero attached hydrogens (tertiary/aromatic N) is 1. The van der Waals surface area contributed by atoms with E-state index in [-0.39, 0.29) is 0 Å². The zero-order chi connectivity index (χ0) is 28.9. The highest BCUT2D eigenvalue weighted by molar-refractivity contribution is 5.68. The summed E-state index contributed by atoms with van der Waals surface area (Å²) in [6, 6.07) is 27.9. The minimum Gasteiger partial charge on any atom is -0.462 e. The number of benzene rings is 3. The van der Waals surface area contributed by atoms with Gasteiger partial charge in [0.15, 0.2) is 0 Å². The molecule has 0 heterocycles. The first kappa shape index (κ1) is 30.5. The molecule has 0 unspecified atom stereocenters. The number of allylic oxidation sites excluding steroid dienone is 7. The molecule has 0 aromatic heterocycles. The second kappa shape index (κ2) is 15.5. The molecular weight excluding hydrogens is 486 g/mol. The van der Waals surface area contributed by atoms with Gasteiger partial charge in [0.25, 0.3) is 0 Å². The maximum atomic E-state index is 5.97. The predicted octanol–water partition coefficient (Wildman–Crippen LogP) is 10.9. The normalized spacial score (nSPS) is 14.1. The quantitative estimate of drug-likeness (QED) is 0.161. The van der Waals surface area contributed by atoms with Gasteiger partial charge >= 0.3 is 0 Å². The molecule has 2 nitrogen and oxygen atoms in total. The van der Waals surface area contributed by atoms with Gasteiger partial charge in [-0.3, -0.25) is 0 Å². The predicted molar refractivity (Wildman–Crippen MR) is 175 cm³/mol.